The van der Waals surface area contributed by atoms with Crippen LogP contribution in [0.3, 0.4) is 0 Å². The van der Waals surface area contributed by atoms with Crippen LogP contribution in [0.25, 0.3) is 11.4 Å². The van der Waals surface area contributed by atoms with Crippen LogP contribution in [0.1, 0.15) is 6.92 Å². The van der Waals surface area contributed by atoms with Gasteiger partial charge in [-0.15, -0.1) is 5.10 Å². The highest BCUT2D eigenvalue weighted by atomic mass is 35.5. The van der Waals surface area contributed by atoms with Crippen LogP contribution in [0, 0.1) is 0 Å². The van der Waals surface area contributed by atoms with Gasteiger partial charge in [-0.1, -0.05) is 29.4 Å². The minimum Gasteiger partial charge on any atom is -0.497 e. The second kappa shape index (κ2) is 8.99. The average Bonchev–Trinajstić information content (AvgIpc) is 3.16. The molecule has 1 aromatic heterocycles. The number of nitrogens with zero attached hydrogens (tertiary/aromatic N) is 2. The molecule has 28 heavy (non-hydrogen) atoms. The molecule has 0 aliphatic carbocycles. The third-order valence-corrected chi connectivity index (χ3v) is 5.07. The number of aromatic nitrogens is 3. The number of carbonyl (C=O) groups excluding carboxylic acids is 1. The summed E-state index contributed by atoms with van der Waals surface area (Å²) in [4.78, 5) is 16.9. The van der Waals surface area contributed by atoms with Gasteiger partial charge in [-0.3, -0.25) is 9.89 Å². The molecule has 2 aromatic carbocycles. The van der Waals surface area contributed by atoms with E-state index >= 15 is 0 Å². The van der Waals surface area contributed by atoms with E-state index in [0.717, 1.165) is 0 Å². The van der Waals surface area contributed by atoms with Crippen molar-refractivity contribution < 1.29 is 14.3 Å². The van der Waals surface area contributed by atoms with Crippen LogP contribution < -0.4 is 14.8 Å². The van der Waals surface area contributed by atoms with Crippen molar-refractivity contribution in [1.29, 1.82) is 0 Å². The number of rotatable bonds is 7. The molecule has 1 heterocycles. The Morgan fingerprint density at radius 2 is 2.04 bits per heavy atom. The van der Waals surface area contributed by atoms with Crippen molar-refractivity contribution in [3.63, 3.8) is 0 Å². The number of hydrogen-bond acceptors (Lipinski definition) is 6. The van der Waals surface area contributed by atoms with Gasteiger partial charge in [0.2, 0.25) is 11.1 Å². The normalized spacial score (nSPS) is 11.7. The van der Waals surface area contributed by atoms with E-state index in [1.807, 2.05) is 12.1 Å². The third-order valence-electron chi connectivity index (χ3n) is 3.87. The zero-order valence-corrected chi connectivity index (χ0v) is 17.1. The molecule has 7 nitrogen and oxygen atoms in total. The Labute approximate surface area is 171 Å². The van der Waals surface area contributed by atoms with Gasteiger partial charge in [0.15, 0.2) is 5.82 Å². The number of benzene rings is 2. The number of aromatic amines is 1. The molecule has 3 aromatic rings. The SMILES string of the molecule is COc1cccc(NC(=O)[C@@H](C)Sc2n[nH]c(-c3cc(Cl)ccc3OC)n2)c1. The third kappa shape index (κ3) is 4.76. The molecule has 0 radical (unpaired) electrons. The molecular weight excluding hydrogens is 400 g/mol. The Bertz CT molecular complexity index is 979. The highest BCUT2D eigenvalue weighted by Gasteiger charge is 2.19. The maximum Gasteiger partial charge on any atom is 0.237 e. The summed E-state index contributed by atoms with van der Waals surface area (Å²) >= 11 is 7.31. The molecule has 0 saturated carbocycles. The van der Waals surface area contributed by atoms with E-state index in [1.54, 1.807) is 51.5 Å². The lowest BCUT2D eigenvalue weighted by Gasteiger charge is -2.11. The fraction of sp³-hybridized carbons (Fsp3) is 0.211. The molecule has 3 rings (SSSR count). The molecule has 1 amide bonds. The summed E-state index contributed by atoms with van der Waals surface area (Å²) in [6.07, 6.45) is 0. The Morgan fingerprint density at radius 1 is 1.21 bits per heavy atom. The number of amides is 1. The number of anilines is 1. The van der Waals surface area contributed by atoms with Gasteiger partial charge in [-0.2, -0.15) is 0 Å². The fourth-order valence-corrected chi connectivity index (χ4v) is 3.34. The molecule has 0 fully saturated rings. The molecule has 0 aliphatic heterocycles. The number of ether oxygens (including phenoxy) is 2. The van der Waals surface area contributed by atoms with Gasteiger partial charge in [-0.05, 0) is 37.3 Å². The van der Waals surface area contributed by atoms with Crippen LogP contribution >= 0.6 is 23.4 Å². The van der Waals surface area contributed by atoms with Crippen molar-refractivity contribution in [2.75, 3.05) is 19.5 Å². The number of nitrogens with one attached hydrogen (secondary N) is 2. The summed E-state index contributed by atoms with van der Waals surface area (Å²) in [7, 11) is 3.15. The first-order valence-electron chi connectivity index (χ1n) is 8.38. The van der Waals surface area contributed by atoms with Gasteiger partial charge in [0.1, 0.15) is 11.5 Å². The van der Waals surface area contributed by atoms with E-state index < -0.39 is 5.25 Å². The largest absolute Gasteiger partial charge is 0.497 e. The minimum atomic E-state index is -0.406. The van der Waals surface area contributed by atoms with Gasteiger partial charge in [0.25, 0.3) is 0 Å². The Balaban J connectivity index is 1.69. The smallest absolute Gasteiger partial charge is 0.237 e. The topological polar surface area (TPSA) is 89.1 Å². The number of thioether (sulfide) groups is 1. The molecular formula is C19H19ClN4O3S. The quantitative estimate of drug-likeness (QED) is 0.557. The maximum absolute atomic E-state index is 12.5. The summed E-state index contributed by atoms with van der Waals surface area (Å²) < 4.78 is 10.5. The van der Waals surface area contributed by atoms with Crippen molar-refractivity contribution in [3.8, 4) is 22.9 Å². The molecule has 1 atom stereocenters. The number of carbonyl (C=O) groups is 1. The first-order valence-corrected chi connectivity index (χ1v) is 9.64. The number of hydrogen-bond donors (Lipinski definition) is 2. The van der Waals surface area contributed by atoms with Crippen LogP contribution in [0.15, 0.2) is 47.6 Å². The average molecular weight is 419 g/mol. The van der Waals surface area contributed by atoms with Gasteiger partial charge < -0.3 is 14.8 Å². The monoisotopic (exact) mass is 418 g/mol. The van der Waals surface area contributed by atoms with E-state index in [0.29, 0.717) is 38.8 Å². The van der Waals surface area contributed by atoms with Gasteiger partial charge in [0, 0.05) is 16.8 Å². The maximum atomic E-state index is 12.5. The van der Waals surface area contributed by atoms with Crippen LogP contribution in [0.2, 0.25) is 5.02 Å². The van der Waals surface area contributed by atoms with E-state index in [4.69, 9.17) is 21.1 Å². The summed E-state index contributed by atoms with van der Waals surface area (Å²) in [5, 5.41) is 10.5. The number of H-pyrrole nitrogens is 1. The first-order chi connectivity index (χ1) is 13.5. The first kappa shape index (κ1) is 20.0. The molecule has 2 N–H and O–H groups in total. The zero-order chi connectivity index (χ0) is 20.1. The zero-order valence-electron chi connectivity index (χ0n) is 15.5. The summed E-state index contributed by atoms with van der Waals surface area (Å²) in [6, 6.07) is 12.4. The lowest BCUT2D eigenvalue weighted by atomic mass is 10.2. The summed E-state index contributed by atoms with van der Waals surface area (Å²) in [6.45, 7) is 1.79. The predicted molar refractivity (Wildman–Crippen MR) is 110 cm³/mol. The lowest BCUT2D eigenvalue weighted by Crippen LogP contribution is -2.22. The number of halogens is 1. The van der Waals surface area contributed by atoms with Crippen molar-refractivity contribution in [3.05, 3.63) is 47.5 Å². The molecule has 0 unspecified atom stereocenters. The van der Waals surface area contributed by atoms with Gasteiger partial charge in [-0.25, -0.2) is 4.98 Å². The van der Waals surface area contributed by atoms with Gasteiger partial charge in [0.05, 0.1) is 25.0 Å². The van der Waals surface area contributed by atoms with Crippen LogP contribution in [-0.2, 0) is 4.79 Å². The van der Waals surface area contributed by atoms with Crippen molar-refractivity contribution in [1.82, 2.24) is 15.2 Å². The van der Waals surface area contributed by atoms with Gasteiger partial charge >= 0.3 is 0 Å². The Morgan fingerprint density at radius 3 is 2.79 bits per heavy atom. The van der Waals surface area contributed by atoms with E-state index in [2.05, 4.69) is 20.5 Å². The summed E-state index contributed by atoms with van der Waals surface area (Å²) in [5.74, 6) is 1.65. The summed E-state index contributed by atoms with van der Waals surface area (Å²) in [5.41, 5.74) is 1.36. The van der Waals surface area contributed by atoms with Crippen LogP contribution in [0.4, 0.5) is 5.69 Å². The molecule has 9 heteroatoms. The molecule has 0 bridgehead atoms. The van der Waals surface area contributed by atoms with E-state index in [-0.39, 0.29) is 5.91 Å². The molecule has 0 saturated heterocycles. The predicted octanol–water partition coefficient (Wildman–Crippen LogP) is 4.26. The number of methoxy groups -OCH3 is 2. The van der Waals surface area contributed by atoms with Crippen LogP contribution in [-0.4, -0.2) is 40.6 Å². The highest BCUT2D eigenvalue weighted by molar-refractivity contribution is 8.00. The second-order valence-corrected chi connectivity index (χ2v) is 7.54. The van der Waals surface area contributed by atoms with Crippen LogP contribution in [0.5, 0.6) is 11.5 Å². The highest BCUT2D eigenvalue weighted by Crippen LogP contribution is 2.31. The Kier molecular flexibility index (Phi) is 6.43. The molecule has 0 aliphatic rings. The standard InChI is InChI=1S/C19H19ClN4O3S/c1-11(18(25)21-13-5-4-6-14(10-13)26-2)28-19-22-17(23-24-19)15-9-12(20)7-8-16(15)27-3/h4-11H,1-3H3,(H,21,25)(H,22,23,24)/t11-/m1/s1. The molecule has 0 spiro atoms. The minimum absolute atomic E-state index is 0.162. The molecule has 146 valence electrons. The second-order valence-electron chi connectivity index (χ2n) is 5.79. The van der Waals surface area contributed by atoms with E-state index in [1.165, 1.54) is 11.8 Å². The fourth-order valence-electron chi connectivity index (χ4n) is 2.44. The van der Waals surface area contributed by atoms with Crippen molar-refractivity contribution in [2.45, 2.75) is 17.3 Å². The Hall–Kier alpha value is -2.71. The van der Waals surface area contributed by atoms with Crippen molar-refractivity contribution >= 4 is 35.0 Å². The van der Waals surface area contributed by atoms with Crippen molar-refractivity contribution in [2.24, 2.45) is 0 Å². The lowest BCUT2D eigenvalue weighted by molar-refractivity contribution is -0.115. The van der Waals surface area contributed by atoms with E-state index in [9.17, 15) is 4.79 Å².